The Morgan fingerprint density at radius 1 is 1.17 bits per heavy atom. The van der Waals surface area contributed by atoms with Crippen molar-refractivity contribution in [2.24, 2.45) is 0 Å². The zero-order valence-electron chi connectivity index (χ0n) is 16.5. The normalized spacial score (nSPS) is 21.6. The van der Waals surface area contributed by atoms with Crippen LogP contribution in [0.5, 0.6) is 0 Å². The number of nitrogens with one attached hydrogen (secondary N) is 1. The molecule has 1 N–H and O–H groups in total. The molecule has 11 heteroatoms. The van der Waals surface area contributed by atoms with Crippen LogP contribution < -0.4 is 4.72 Å². The van der Waals surface area contributed by atoms with Gasteiger partial charge in [0.1, 0.15) is 0 Å². The van der Waals surface area contributed by atoms with E-state index in [4.69, 9.17) is 4.74 Å². The van der Waals surface area contributed by atoms with E-state index >= 15 is 0 Å². The van der Waals surface area contributed by atoms with Gasteiger partial charge >= 0.3 is 6.18 Å². The topological polar surface area (TPSA) is 78.9 Å². The Balaban J connectivity index is 1.63. The first-order valence-electron chi connectivity index (χ1n) is 9.94. The summed E-state index contributed by atoms with van der Waals surface area (Å²) in [6, 6.07) is 5.71. The molecule has 2 heterocycles. The number of amides is 1. The third kappa shape index (κ3) is 6.40. The first-order chi connectivity index (χ1) is 14.1. The highest BCUT2D eigenvalue weighted by atomic mass is 32.2. The summed E-state index contributed by atoms with van der Waals surface area (Å²) in [4.78, 5) is 15.6. The first-order valence-corrected chi connectivity index (χ1v) is 11.4. The minimum absolute atomic E-state index is 0.0279. The molecule has 0 aliphatic carbocycles. The van der Waals surface area contributed by atoms with Crippen LogP contribution in [0.3, 0.4) is 0 Å². The van der Waals surface area contributed by atoms with E-state index < -0.39 is 22.7 Å². The lowest BCUT2D eigenvalue weighted by Gasteiger charge is -2.23. The van der Waals surface area contributed by atoms with Gasteiger partial charge in [0.25, 0.3) is 5.91 Å². The molecule has 7 nitrogen and oxygen atoms in total. The lowest BCUT2D eigenvalue weighted by Crippen LogP contribution is -2.38. The van der Waals surface area contributed by atoms with Crippen molar-refractivity contribution in [3.63, 3.8) is 0 Å². The second kappa shape index (κ2) is 9.63. The number of ether oxygens (including phenoxy) is 1. The van der Waals surface area contributed by atoms with Crippen LogP contribution in [0.25, 0.3) is 0 Å². The molecule has 168 valence electrons. The predicted molar refractivity (Wildman–Crippen MR) is 104 cm³/mol. The van der Waals surface area contributed by atoms with Crippen molar-refractivity contribution in [3.8, 4) is 0 Å². The van der Waals surface area contributed by atoms with Crippen molar-refractivity contribution >= 4 is 15.9 Å². The Morgan fingerprint density at radius 2 is 1.97 bits per heavy atom. The molecule has 30 heavy (non-hydrogen) atoms. The van der Waals surface area contributed by atoms with Gasteiger partial charge in [-0.05, 0) is 37.5 Å². The van der Waals surface area contributed by atoms with Gasteiger partial charge in [-0.25, -0.2) is 13.1 Å². The van der Waals surface area contributed by atoms with Crippen LogP contribution in [0.15, 0.2) is 29.2 Å². The SMILES string of the molecule is O=C(c1cccc(S(=O)(=O)NCC2CCCO2)c1)N1CCCN(CC(F)(F)F)CC1. The third-order valence-corrected chi connectivity index (χ3v) is 6.62. The van der Waals surface area contributed by atoms with Crippen LogP contribution in [-0.4, -0.2) is 82.3 Å². The predicted octanol–water partition coefficient (Wildman–Crippen LogP) is 1.85. The van der Waals surface area contributed by atoms with Crippen molar-refractivity contribution in [2.45, 2.75) is 36.4 Å². The summed E-state index contributed by atoms with van der Waals surface area (Å²) in [6.45, 7) is 0.634. The van der Waals surface area contributed by atoms with Gasteiger partial charge in [-0.2, -0.15) is 13.2 Å². The minimum Gasteiger partial charge on any atom is -0.377 e. The maximum Gasteiger partial charge on any atom is 0.401 e. The molecule has 3 rings (SSSR count). The van der Waals surface area contributed by atoms with E-state index in [1.807, 2.05) is 0 Å². The fourth-order valence-electron chi connectivity index (χ4n) is 3.66. The van der Waals surface area contributed by atoms with Crippen molar-refractivity contribution in [1.29, 1.82) is 0 Å². The zero-order valence-corrected chi connectivity index (χ0v) is 17.3. The third-order valence-electron chi connectivity index (χ3n) is 5.19. The first kappa shape index (κ1) is 23.0. The molecule has 2 saturated heterocycles. The van der Waals surface area contributed by atoms with E-state index in [0.717, 1.165) is 12.8 Å². The molecule has 1 atom stereocenters. The van der Waals surface area contributed by atoms with E-state index in [-0.39, 0.29) is 48.6 Å². The molecule has 1 aromatic carbocycles. The highest BCUT2D eigenvalue weighted by Gasteiger charge is 2.32. The van der Waals surface area contributed by atoms with E-state index in [2.05, 4.69) is 4.72 Å². The summed E-state index contributed by atoms with van der Waals surface area (Å²) in [5.74, 6) is -0.389. The quantitative estimate of drug-likeness (QED) is 0.717. The van der Waals surface area contributed by atoms with Crippen LogP contribution in [0.4, 0.5) is 13.2 Å². The number of carbonyl (C=O) groups is 1. The number of hydrogen-bond acceptors (Lipinski definition) is 5. The summed E-state index contributed by atoms with van der Waals surface area (Å²) < 4.78 is 70.9. The molecule has 1 amide bonds. The molecule has 1 aromatic rings. The maximum atomic E-state index is 12.8. The van der Waals surface area contributed by atoms with Gasteiger partial charge in [0, 0.05) is 44.9 Å². The second-order valence-electron chi connectivity index (χ2n) is 7.55. The number of carbonyl (C=O) groups excluding carboxylic acids is 1. The van der Waals surface area contributed by atoms with Gasteiger partial charge in [0.05, 0.1) is 17.5 Å². The molecule has 0 bridgehead atoms. The Bertz CT molecular complexity index is 842. The largest absolute Gasteiger partial charge is 0.401 e. The average molecular weight is 449 g/mol. The zero-order chi connectivity index (χ0) is 21.8. The monoisotopic (exact) mass is 449 g/mol. The minimum atomic E-state index is -4.28. The molecule has 0 aromatic heterocycles. The molecule has 0 spiro atoms. The van der Waals surface area contributed by atoms with Crippen molar-refractivity contribution in [1.82, 2.24) is 14.5 Å². The number of sulfonamides is 1. The summed E-state index contributed by atoms with van der Waals surface area (Å²) in [5.41, 5.74) is 0.194. The Kier molecular flexibility index (Phi) is 7.38. The Morgan fingerprint density at radius 3 is 2.67 bits per heavy atom. The number of benzene rings is 1. The summed E-state index contributed by atoms with van der Waals surface area (Å²) >= 11 is 0. The van der Waals surface area contributed by atoms with Gasteiger partial charge in [-0.3, -0.25) is 9.69 Å². The number of rotatable bonds is 6. The van der Waals surface area contributed by atoms with Crippen LogP contribution in [0.2, 0.25) is 0 Å². The molecule has 2 aliphatic rings. The maximum absolute atomic E-state index is 12.8. The Labute approximate surface area is 174 Å². The average Bonchev–Trinajstić information content (AvgIpc) is 3.11. The summed E-state index contributed by atoms with van der Waals surface area (Å²) in [7, 11) is -3.80. The number of halogens is 3. The highest BCUT2D eigenvalue weighted by Crippen LogP contribution is 2.19. The van der Waals surface area contributed by atoms with Gasteiger partial charge in [-0.1, -0.05) is 6.07 Å². The molecular weight excluding hydrogens is 423 g/mol. The van der Waals surface area contributed by atoms with E-state index in [0.29, 0.717) is 19.6 Å². The van der Waals surface area contributed by atoms with Gasteiger partial charge < -0.3 is 9.64 Å². The van der Waals surface area contributed by atoms with Crippen LogP contribution in [0, 0.1) is 0 Å². The molecular formula is C19H26F3N3O4S. The van der Waals surface area contributed by atoms with Gasteiger partial charge in [0.15, 0.2) is 0 Å². The van der Waals surface area contributed by atoms with Crippen molar-refractivity contribution < 1.29 is 31.1 Å². The smallest absolute Gasteiger partial charge is 0.377 e. The molecule has 0 saturated carbocycles. The number of nitrogens with zero attached hydrogens (tertiary/aromatic N) is 2. The number of hydrogen-bond donors (Lipinski definition) is 1. The lowest BCUT2D eigenvalue weighted by molar-refractivity contribution is -0.145. The van der Waals surface area contributed by atoms with Gasteiger partial charge in [0.2, 0.25) is 10.0 Å². The van der Waals surface area contributed by atoms with Crippen LogP contribution >= 0.6 is 0 Å². The highest BCUT2D eigenvalue weighted by molar-refractivity contribution is 7.89. The van der Waals surface area contributed by atoms with Gasteiger partial charge in [-0.15, -0.1) is 0 Å². The van der Waals surface area contributed by atoms with Crippen LogP contribution in [0.1, 0.15) is 29.6 Å². The van der Waals surface area contributed by atoms with E-state index in [1.165, 1.54) is 34.1 Å². The number of alkyl halides is 3. The molecule has 1 unspecified atom stereocenters. The van der Waals surface area contributed by atoms with Crippen LogP contribution in [-0.2, 0) is 14.8 Å². The van der Waals surface area contributed by atoms with E-state index in [9.17, 15) is 26.4 Å². The fraction of sp³-hybridized carbons (Fsp3) is 0.632. The second-order valence-corrected chi connectivity index (χ2v) is 9.32. The summed E-state index contributed by atoms with van der Waals surface area (Å²) in [5, 5.41) is 0. The summed E-state index contributed by atoms with van der Waals surface area (Å²) in [6.07, 6.45) is -2.32. The van der Waals surface area contributed by atoms with E-state index in [1.54, 1.807) is 0 Å². The molecule has 2 fully saturated rings. The molecule has 0 radical (unpaired) electrons. The standard InChI is InChI=1S/C19H26F3N3O4S/c20-19(21,22)14-24-7-3-8-25(10-9-24)18(26)15-4-1-6-17(12-15)30(27,28)23-13-16-5-2-11-29-16/h1,4,6,12,16,23H,2-3,5,7-11,13-14H2. The van der Waals surface area contributed by atoms with Crippen molar-refractivity contribution in [3.05, 3.63) is 29.8 Å². The van der Waals surface area contributed by atoms with Crippen molar-refractivity contribution in [2.75, 3.05) is 45.9 Å². The lowest BCUT2D eigenvalue weighted by atomic mass is 10.2. The Hall–Kier alpha value is -1.69. The fourth-order valence-corrected chi connectivity index (χ4v) is 4.77. The molecule has 2 aliphatic heterocycles.